The van der Waals surface area contributed by atoms with Crippen LogP contribution in [0.4, 0.5) is 5.69 Å². The Bertz CT molecular complexity index is 650. The van der Waals surface area contributed by atoms with E-state index in [0.717, 1.165) is 0 Å². The van der Waals surface area contributed by atoms with E-state index < -0.39 is 0 Å². The van der Waals surface area contributed by atoms with Gasteiger partial charge in [-0.25, -0.2) is 0 Å². The number of nitrogens with zero attached hydrogens (tertiary/aromatic N) is 1. The van der Waals surface area contributed by atoms with E-state index in [9.17, 15) is 0 Å². The van der Waals surface area contributed by atoms with E-state index in [4.69, 9.17) is 0 Å². The van der Waals surface area contributed by atoms with Crippen LogP contribution in [0.2, 0.25) is 0 Å². The van der Waals surface area contributed by atoms with Gasteiger partial charge in [-0.3, -0.25) is 0 Å². The summed E-state index contributed by atoms with van der Waals surface area (Å²) >= 11 is 0. The Labute approximate surface area is 122 Å². The van der Waals surface area contributed by atoms with Crippen LogP contribution in [-0.2, 0) is 5.41 Å². The molecule has 3 rings (SSSR count). The second kappa shape index (κ2) is 5.32. The minimum Gasteiger partial charge on any atom is -0.347 e. The molecule has 0 spiro atoms. The van der Waals surface area contributed by atoms with Gasteiger partial charge in [-0.2, -0.15) is 0 Å². The van der Waals surface area contributed by atoms with E-state index in [0.29, 0.717) is 0 Å². The van der Waals surface area contributed by atoms with Crippen molar-refractivity contribution in [3.05, 3.63) is 53.7 Å². The van der Waals surface area contributed by atoms with Crippen molar-refractivity contribution in [2.24, 2.45) is 0 Å². The quantitative estimate of drug-likeness (QED) is 0.609. The van der Waals surface area contributed by atoms with Crippen molar-refractivity contribution in [3.8, 4) is 0 Å². The lowest BCUT2D eigenvalue weighted by molar-refractivity contribution is 0.643. The predicted molar refractivity (Wildman–Crippen MR) is 90.5 cm³/mol. The third kappa shape index (κ3) is 1.93. The van der Waals surface area contributed by atoms with Crippen LogP contribution in [0.3, 0.4) is 0 Å². The highest BCUT2D eigenvalue weighted by Gasteiger charge is 2.39. The molecule has 0 aliphatic carbocycles. The standard InChI is InChI=1S/C17H19N.C2H6/c1-5-15-17(2,3)16-13-9-7-6-8-12(13)10-11-14(16)18(15)4;1-2/h5-11H,1-4H3;1-2H3/b15-5-;. The van der Waals surface area contributed by atoms with Gasteiger partial charge in [0.25, 0.3) is 0 Å². The summed E-state index contributed by atoms with van der Waals surface area (Å²) in [5.74, 6) is 0. The number of rotatable bonds is 0. The second-order valence-corrected chi connectivity index (χ2v) is 5.54. The molecular weight excluding hydrogens is 242 g/mol. The summed E-state index contributed by atoms with van der Waals surface area (Å²) in [5.41, 5.74) is 4.26. The van der Waals surface area contributed by atoms with E-state index in [-0.39, 0.29) is 5.41 Å². The van der Waals surface area contributed by atoms with E-state index in [1.54, 1.807) is 0 Å². The summed E-state index contributed by atoms with van der Waals surface area (Å²) in [4.78, 5) is 2.32. The van der Waals surface area contributed by atoms with Crippen LogP contribution >= 0.6 is 0 Å². The number of allylic oxidation sites excluding steroid dienone is 2. The van der Waals surface area contributed by atoms with E-state index in [1.807, 2.05) is 13.8 Å². The molecule has 1 aliphatic heterocycles. The first-order chi connectivity index (χ1) is 9.57. The Kier molecular flexibility index (Phi) is 3.89. The molecule has 20 heavy (non-hydrogen) atoms. The van der Waals surface area contributed by atoms with Gasteiger partial charge < -0.3 is 4.90 Å². The van der Waals surface area contributed by atoms with Gasteiger partial charge in [-0.05, 0) is 29.3 Å². The molecule has 0 fully saturated rings. The van der Waals surface area contributed by atoms with Crippen molar-refractivity contribution >= 4 is 16.5 Å². The molecule has 0 saturated heterocycles. The highest BCUT2D eigenvalue weighted by atomic mass is 15.2. The van der Waals surface area contributed by atoms with Crippen molar-refractivity contribution in [3.63, 3.8) is 0 Å². The monoisotopic (exact) mass is 267 g/mol. The maximum atomic E-state index is 2.32. The van der Waals surface area contributed by atoms with Crippen LogP contribution in [0, 0.1) is 0 Å². The Morgan fingerprint density at radius 1 is 1.00 bits per heavy atom. The van der Waals surface area contributed by atoms with Gasteiger partial charge in [0.1, 0.15) is 0 Å². The van der Waals surface area contributed by atoms with Crippen LogP contribution in [0.15, 0.2) is 48.2 Å². The average molecular weight is 267 g/mol. The Morgan fingerprint density at radius 2 is 1.65 bits per heavy atom. The van der Waals surface area contributed by atoms with Gasteiger partial charge in [0, 0.05) is 23.8 Å². The summed E-state index contributed by atoms with van der Waals surface area (Å²) in [6, 6.07) is 13.1. The fourth-order valence-electron chi connectivity index (χ4n) is 3.43. The molecule has 1 nitrogen and oxygen atoms in total. The molecule has 1 aliphatic rings. The molecule has 0 unspecified atom stereocenters. The first kappa shape index (κ1) is 14.6. The molecule has 0 atom stereocenters. The van der Waals surface area contributed by atoms with Crippen molar-refractivity contribution in [2.45, 2.75) is 40.0 Å². The van der Waals surface area contributed by atoms with Gasteiger partial charge in [0.05, 0.1) is 0 Å². The number of fused-ring (bicyclic) bond motifs is 3. The largest absolute Gasteiger partial charge is 0.347 e. The first-order valence-electron chi connectivity index (χ1n) is 7.50. The molecule has 0 N–H and O–H groups in total. The van der Waals surface area contributed by atoms with Crippen molar-refractivity contribution in [1.82, 2.24) is 0 Å². The third-order valence-corrected chi connectivity index (χ3v) is 4.17. The van der Waals surface area contributed by atoms with Crippen LogP contribution < -0.4 is 4.90 Å². The van der Waals surface area contributed by atoms with Crippen LogP contribution in [-0.4, -0.2) is 7.05 Å². The van der Waals surface area contributed by atoms with Crippen molar-refractivity contribution in [2.75, 3.05) is 11.9 Å². The Morgan fingerprint density at radius 3 is 2.30 bits per heavy atom. The molecule has 0 aromatic heterocycles. The summed E-state index contributed by atoms with van der Waals surface area (Å²) in [6.45, 7) is 10.8. The van der Waals surface area contributed by atoms with Gasteiger partial charge in [-0.15, -0.1) is 0 Å². The lowest BCUT2D eigenvalue weighted by atomic mass is 9.81. The summed E-state index contributed by atoms with van der Waals surface area (Å²) in [6.07, 6.45) is 2.23. The lowest BCUT2D eigenvalue weighted by Crippen LogP contribution is -2.22. The molecule has 2 aromatic carbocycles. The zero-order valence-electron chi connectivity index (χ0n) is 13.5. The molecule has 0 radical (unpaired) electrons. The summed E-state index contributed by atoms with van der Waals surface area (Å²) in [7, 11) is 2.16. The number of hydrogen-bond acceptors (Lipinski definition) is 1. The molecule has 0 amide bonds. The lowest BCUT2D eigenvalue weighted by Gasteiger charge is -2.24. The van der Waals surface area contributed by atoms with E-state index in [1.165, 1.54) is 27.7 Å². The van der Waals surface area contributed by atoms with E-state index >= 15 is 0 Å². The maximum Gasteiger partial charge on any atom is 0.0454 e. The van der Waals surface area contributed by atoms with Crippen molar-refractivity contribution < 1.29 is 0 Å². The van der Waals surface area contributed by atoms with Gasteiger partial charge in [-0.1, -0.05) is 64.1 Å². The number of anilines is 1. The van der Waals surface area contributed by atoms with Crippen molar-refractivity contribution in [1.29, 1.82) is 0 Å². The van der Waals surface area contributed by atoms with Crippen LogP contribution in [0.1, 0.15) is 40.2 Å². The number of benzene rings is 2. The first-order valence-corrected chi connectivity index (χ1v) is 7.50. The Hall–Kier alpha value is -1.76. The third-order valence-electron chi connectivity index (χ3n) is 4.17. The normalized spacial score (nSPS) is 17.9. The van der Waals surface area contributed by atoms with E-state index in [2.05, 4.69) is 75.2 Å². The maximum absolute atomic E-state index is 2.32. The topological polar surface area (TPSA) is 3.24 Å². The highest BCUT2D eigenvalue weighted by Crippen LogP contribution is 2.49. The number of hydrogen-bond donors (Lipinski definition) is 0. The average Bonchev–Trinajstić information content (AvgIpc) is 2.67. The molecular formula is C19H25N. The van der Waals surface area contributed by atoms with Gasteiger partial charge in [0.2, 0.25) is 0 Å². The second-order valence-electron chi connectivity index (χ2n) is 5.54. The molecule has 2 aromatic rings. The molecule has 106 valence electrons. The minimum atomic E-state index is 0.0830. The fraction of sp³-hybridized carbons (Fsp3) is 0.368. The Balaban J connectivity index is 0.000000704. The molecule has 1 heteroatoms. The zero-order valence-corrected chi connectivity index (χ0v) is 13.5. The minimum absolute atomic E-state index is 0.0830. The molecule has 0 saturated carbocycles. The zero-order chi connectivity index (χ0) is 14.9. The highest BCUT2D eigenvalue weighted by molar-refractivity contribution is 5.94. The predicted octanol–water partition coefficient (Wildman–Crippen LogP) is 5.50. The van der Waals surface area contributed by atoms with Crippen LogP contribution in [0.25, 0.3) is 10.8 Å². The molecule has 1 heterocycles. The number of likely N-dealkylation sites (N-methyl/N-ethyl adjacent to an activating group) is 1. The smallest absolute Gasteiger partial charge is 0.0454 e. The fourth-order valence-corrected chi connectivity index (χ4v) is 3.43. The molecule has 0 bridgehead atoms. The van der Waals surface area contributed by atoms with Gasteiger partial charge in [0.15, 0.2) is 0 Å². The summed E-state index contributed by atoms with van der Waals surface area (Å²) in [5, 5.41) is 2.71. The van der Waals surface area contributed by atoms with Crippen LogP contribution in [0.5, 0.6) is 0 Å². The van der Waals surface area contributed by atoms with Gasteiger partial charge >= 0.3 is 0 Å². The summed E-state index contributed by atoms with van der Waals surface area (Å²) < 4.78 is 0. The SMILES string of the molecule is C/C=C1\N(C)c2ccc3ccccc3c2C1(C)C.CC.